The normalized spacial score (nSPS) is 12.2. The maximum atomic E-state index is 13.2. The Morgan fingerprint density at radius 1 is 1.03 bits per heavy atom. The van der Waals surface area contributed by atoms with Gasteiger partial charge < -0.3 is 9.47 Å². The second kappa shape index (κ2) is 11.7. The van der Waals surface area contributed by atoms with Gasteiger partial charge in [-0.2, -0.15) is 0 Å². The molecule has 152 valence electrons. The molecule has 0 aliphatic rings. The molecule has 1 aromatic carbocycles. The van der Waals surface area contributed by atoms with Crippen molar-refractivity contribution in [1.82, 2.24) is 4.98 Å². The van der Waals surface area contributed by atoms with Crippen LogP contribution in [-0.2, 0) is 29.9 Å². The molecule has 29 heavy (non-hydrogen) atoms. The maximum Gasteiger partial charge on any atom is 0.330 e. The summed E-state index contributed by atoms with van der Waals surface area (Å²) in [5.74, 6) is -0.997. The van der Waals surface area contributed by atoms with Gasteiger partial charge in [0.1, 0.15) is 15.8 Å². The second-order valence-electron chi connectivity index (χ2n) is 5.91. The van der Waals surface area contributed by atoms with Crippen LogP contribution in [0.25, 0.3) is 12.2 Å². The minimum absolute atomic E-state index is 0.355. The molecule has 2 aromatic rings. The van der Waals surface area contributed by atoms with Crippen molar-refractivity contribution in [3.63, 3.8) is 0 Å². The van der Waals surface area contributed by atoms with E-state index in [0.29, 0.717) is 27.7 Å². The minimum Gasteiger partial charge on any atom is -0.466 e. The van der Waals surface area contributed by atoms with Gasteiger partial charge in [-0.1, -0.05) is 37.6 Å². The SMILES string of the molecule is CCCCOC(=O)/C=C/c1cccc(/C=C/C(=O)OC)c1S(=O)c1ccccn1. The molecule has 0 aliphatic heterocycles. The van der Waals surface area contributed by atoms with E-state index in [1.165, 1.54) is 25.3 Å². The Kier molecular flexibility index (Phi) is 8.98. The van der Waals surface area contributed by atoms with E-state index in [1.54, 1.807) is 48.7 Å². The van der Waals surface area contributed by atoms with Crippen LogP contribution in [-0.4, -0.2) is 34.8 Å². The number of benzene rings is 1. The molecule has 1 atom stereocenters. The van der Waals surface area contributed by atoms with Gasteiger partial charge in [0.25, 0.3) is 0 Å². The molecule has 0 saturated carbocycles. The van der Waals surface area contributed by atoms with Crippen molar-refractivity contribution in [2.75, 3.05) is 13.7 Å². The number of carbonyl (C=O) groups excluding carboxylic acids is 2. The fraction of sp³-hybridized carbons (Fsp3) is 0.227. The van der Waals surface area contributed by atoms with E-state index in [-0.39, 0.29) is 0 Å². The Hall–Kier alpha value is -3.06. The van der Waals surface area contributed by atoms with Crippen molar-refractivity contribution in [1.29, 1.82) is 0 Å². The third-order valence-electron chi connectivity index (χ3n) is 3.83. The van der Waals surface area contributed by atoms with E-state index in [2.05, 4.69) is 9.72 Å². The van der Waals surface area contributed by atoms with E-state index < -0.39 is 22.7 Å². The lowest BCUT2D eigenvalue weighted by Gasteiger charge is -2.10. The molecular weight excluding hydrogens is 390 g/mol. The van der Waals surface area contributed by atoms with Gasteiger partial charge in [0.15, 0.2) is 0 Å². The summed E-state index contributed by atoms with van der Waals surface area (Å²) in [5.41, 5.74) is 1.12. The van der Waals surface area contributed by atoms with Gasteiger partial charge in [0, 0.05) is 18.3 Å². The minimum atomic E-state index is -1.63. The topological polar surface area (TPSA) is 82.6 Å². The zero-order valence-corrected chi connectivity index (χ0v) is 17.2. The van der Waals surface area contributed by atoms with Crippen LogP contribution in [0.5, 0.6) is 0 Å². The number of pyridine rings is 1. The highest BCUT2D eigenvalue weighted by atomic mass is 32.2. The number of esters is 2. The largest absolute Gasteiger partial charge is 0.466 e. The van der Waals surface area contributed by atoms with Gasteiger partial charge in [-0.05, 0) is 41.8 Å². The van der Waals surface area contributed by atoms with Crippen LogP contribution in [0.1, 0.15) is 30.9 Å². The van der Waals surface area contributed by atoms with Crippen molar-refractivity contribution >= 4 is 34.9 Å². The first-order chi connectivity index (χ1) is 14.1. The maximum absolute atomic E-state index is 13.2. The van der Waals surface area contributed by atoms with Crippen molar-refractivity contribution in [3.8, 4) is 0 Å². The average Bonchev–Trinajstić information content (AvgIpc) is 2.76. The summed E-state index contributed by atoms with van der Waals surface area (Å²) in [6.45, 7) is 2.37. The summed E-state index contributed by atoms with van der Waals surface area (Å²) in [6.07, 6.45) is 8.92. The highest BCUT2D eigenvalue weighted by Crippen LogP contribution is 2.25. The molecule has 0 bridgehead atoms. The summed E-state index contributed by atoms with van der Waals surface area (Å²) >= 11 is 0. The molecule has 0 radical (unpaired) electrons. The van der Waals surface area contributed by atoms with Gasteiger partial charge in [-0.15, -0.1) is 0 Å². The number of unbranched alkanes of at least 4 members (excludes halogenated alkanes) is 1. The summed E-state index contributed by atoms with van der Waals surface area (Å²) in [7, 11) is -0.345. The van der Waals surface area contributed by atoms with Gasteiger partial charge in [-0.25, -0.2) is 18.8 Å². The summed E-state index contributed by atoms with van der Waals surface area (Å²) in [4.78, 5) is 28.0. The molecule has 0 aliphatic carbocycles. The van der Waals surface area contributed by atoms with Gasteiger partial charge in [0.05, 0.1) is 18.6 Å². The van der Waals surface area contributed by atoms with Crippen LogP contribution >= 0.6 is 0 Å². The Morgan fingerprint density at radius 3 is 2.31 bits per heavy atom. The average molecular weight is 413 g/mol. The van der Waals surface area contributed by atoms with Crippen LogP contribution in [0.2, 0.25) is 0 Å². The lowest BCUT2D eigenvalue weighted by atomic mass is 10.1. The molecule has 6 nitrogen and oxygen atoms in total. The zero-order valence-electron chi connectivity index (χ0n) is 16.4. The van der Waals surface area contributed by atoms with Crippen molar-refractivity contribution in [2.45, 2.75) is 29.7 Å². The number of aromatic nitrogens is 1. The van der Waals surface area contributed by atoms with Crippen LogP contribution in [0.3, 0.4) is 0 Å². The number of hydrogen-bond donors (Lipinski definition) is 0. The van der Waals surface area contributed by atoms with Gasteiger partial charge in [-0.3, -0.25) is 0 Å². The first-order valence-corrected chi connectivity index (χ1v) is 10.3. The molecule has 0 fully saturated rings. The lowest BCUT2D eigenvalue weighted by Crippen LogP contribution is -2.03. The van der Waals surface area contributed by atoms with E-state index in [9.17, 15) is 13.8 Å². The standard InChI is InChI=1S/C22H23NO5S/c1-3-4-16-28-21(25)14-12-18-9-7-8-17(11-13-20(24)27-2)22(18)29(26)19-10-5-6-15-23-19/h5-15H,3-4,16H2,1-2H3/b13-11+,14-12+. The number of ether oxygens (including phenoxy) is 2. The van der Waals surface area contributed by atoms with Crippen LogP contribution < -0.4 is 0 Å². The molecule has 1 heterocycles. The van der Waals surface area contributed by atoms with Crippen molar-refractivity contribution in [3.05, 3.63) is 65.9 Å². The van der Waals surface area contributed by atoms with E-state index in [4.69, 9.17) is 4.74 Å². The second-order valence-corrected chi connectivity index (χ2v) is 7.28. The molecule has 1 aromatic heterocycles. The number of rotatable bonds is 9. The molecule has 2 rings (SSSR count). The van der Waals surface area contributed by atoms with Gasteiger partial charge >= 0.3 is 11.9 Å². The Morgan fingerprint density at radius 2 is 1.72 bits per heavy atom. The Labute approximate surface area is 172 Å². The zero-order chi connectivity index (χ0) is 21.1. The molecule has 7 heteroatoms. The predicted molar refractivity (Wildman–Crippen MR) is 111 cm³/mol. The molecule has 0 saturated heterocycles. The Bertz CT molecular complexity index is 922. The predicted octanol–water partition coefficient (Wildman–Crippen LogP) is 3.79. The first-order valence-electron chi connectivity index (χ1n) is 9.13. The molecule has 0 amide bonds. The lowest BCUT2D eigenvalue weighted by molar-refractivity contribution is -0.138. The summed E-state index contributed by atoms with van der Waals surface area (Å²) in [5, 5.41) is 0.367. The highest BCUT2D eigenvalue weighted by molar-refractivity contribution is 7.85. The molecule has 1 unspecified atom stereocenters. The number of methoxy groups -OCH3 is 1. The van der Waals surface area contributed by atoms with Crippen LogP contribution in [0, 0.1) is 0 Å². The third kappa shape index (κ3) is 6.80. The van der Waals surface area contributed by atoms with E-state index in [1.807, 2.05) is 6.92 Å². The van der Waals surface area contributed by atoms with Crippen molar-refractivity contribution < 1.29 is 23.3 Å². The number of nitrogens with zero attached hydrogens (tertiary/aromatic N) is 1. The molecule has 0 spiro atoms. The third-order valence-corrected chi connectivity index (χ3v) is 5.29. The first kappa shape index (κ1) is 22.2. The van der Waals surface area contributed by atoms with E-state index in [0.717, 1.165) is 12.8 Å². The quantitative estimate of drug-likeness (QED) is 0.353. The van der Waals surface area contributed by atoms with Crippen LogP contribution in [0.15, 0.2) is 64.7 Å². The van der Waals surface area contributed by atoms with Gasteiger partial charge in [0.2, 0.25) is 0 Å². The fourth-order valence-corrected chi connectivity index (χ4v) is 3.63. The Balaban J connectivity index is 2.42. The summed E-state index contributed by atoms with van der Waals surface area (Å²) < 4.78 is 23.0. The smallest absolute Gasteiger partial charge is 0.330 e. The molecule has 0 N–H and O–H groups in total. The highest BCUT2D eigenvalue weighted by Gasteiger charge is 2.16. The molecular formula is C22H23NO5S. The van der Waals surface area contributed by atoms with E-state index >= 15 is 0 Å². The fourth-order valence-electron chi connectivity index (χ4n) is 2.36. The number of hydrogen-bond acceptors (Lipinski definition) is 6. The number of carbonyl (C=O) groups is 2. The van der Waals surface area contributed by atoms with Crippen molar-refractivity contribution in [2.24, 2.45) is 0 Å². The van der Waals surface area contributed by atoms with Crippen LogP contribution in [0.4, 0.5) is 0 Å². The summed E-state index contributed by atoms with van der Waals surface area (Å²) in [6, 6.07) is 10.3. The monoisotopic (exact) mass is 413 g/mol.